The summed E-state index contributed by atoms with van der Waals surface area (Å²) in [5.41, 5.74) is 3.70. The largest absolute Gasteiger partial charge is 0.497 e. The number of carbonyl (C=O) groups excluding carboxylic acids is 1. The fourth-order valence-corrected chi connectivity index (χ4v) is 2.36. The van der Waals surface area contributed by atoms with Gasteiger partial charge in [-0.3, -0.25) is 4.79 Å². The summed E-state index contributed by atoms with van der Waals surface area (Å²) in [7, 11) is 4.69. The number of methoxy groups -OCH3 is 3. The van der Waals surface area contributed by atoms with Gasteiger partial charge in [0.1, 0.15) is 5.75 Å². The van der Waals surface area contributed by atoms with E-state index in [0.29, 0.717) is 22.8 Å². The number of hydrogen-bond donors (Lipinski definition) is 1. The maximum absolute atomic E-state index is 12.0. The molecule has 0 heterocycles. The molecule has 7 heteroatoms. The number of amides is 1. The van der Waals surface area contributed by atoms with Crippen LogP contribution >= 0.6 is 15.9 Å². The number of halogens is 1. The lowest BCUT2D eigenvalue weighted by Gasteiger charge is -2.09. The molecule has 126 valence electrons. The quantitative estimate of drug-likeness (QED) is 0.605. The van der Waals surface area contributed by atoms with Crippen molar-refractivity contribution in [2.24, 2.45) is 5.10 Å². The van der Waals surface area contributed by atoms with Crippen LogP contribution in [0.2, 0.25) is 0 Å². The average molecular weight is 393 g/mol. The fourth-order valence-electron chi connectivity index (χ4n) is 1.94. The van der Waals surface area contributed by atoms with Crippen molar-refractivity contribution < 1.29 is 19.0 Å². The Kier molecular flexibility index (Phi) is 6.20. The van der Waals surface area contributed by atoms with Crippen LogP contribution in [0.25, 0.3) is 0 Å². The predicted octanol–water partition coefficient (Wildman–Crippen LogP) is 3.24. The highest BCUT2D eigenvalue weighted by atomic mass is 79.9. The Morgan fingerprint density at radius 2 is 1.67 bits per heavy atom. The number of nitrogens with one attached hydrogen (secondary N) is 1. The summed E-state index contributed by atoms with van der Waals surface area (Å²) in [6.07, 6.45) is 1.52. The number of carbonyl (C=O) groups is 1. The molecule has 0 saturated carbocycles. The van der Waals surface area contributed by atoms with Crippen molar-refractivity contribution in [3.63, 3.8) is 0 Å². The van der Waals surface area contributed by atoms with Gasteiger partial charge in [-0.15, -0.1) is 0 Å². The third kappa shape index (κ3) is 4.26. The minimum absolute atomic E-state index is 0.314. The van der Waals surface area contributed by atoms with Crippen LogP contribution in [0.5, 0.6) is 17.2 Å². The van der Waals surface area contributed by atoms with Gasteiger partial charge >= 0.3 is 0 Å². The Balaban J connectivity index is 2.09. The molecule has 2 aromatic carbocycles. The van der Waals surface area contributed by atoms with E-state index in [2.05, 4.69) is 26.5 Å². The molecule has 0 fully saturated rings. The Morgan fingerprint density at radius 3 is 2.25 bits per heavy atom. The summed E-state index contributed by atoms with van der Waals surface area (Å²) in [6, 6.07) is 10.3. The second kappa shape index (κ2) is 8.35. The monoisotopic (exact) mass is 392 g/mol. The molecule has 2 aromatic rings. The van der Waals surface area contributed by atoms with Crippen LogP contribution in [-0.2, 0) is 0 Å². The van der Waals surface area contributed by atoms with E-state index in [1.165, 1.54) is 6.21 Å². The zero-order valence-electron chi connectivity index (χ0n) is 13.5. The summed E-state index contributed by atoms with van der Waals surface area (Å²) >= 11 is 3.43. The van der Waals surface area contributed by atoms with E-state index in [-0.39, 0.29) is 5.91 Å². The van der Waals surface area contributed by atoms with E-state index in [9.17, 15) is 4.79 Å². The second-order valence-electron chi connectivity index (χ2n) is 4.66. The summed E-state index contributed by atoms with van der Waals surface area (Å²) in [5.74, 6) is 1.54. The maximum atomic E-state index is 12.0. The van der Waals surface area contributed by atoms with Gasteiger partial charge in [0.2, 0.25) is 0 Å². The number of nitrogens with zero attached hydrogens (tertiary/aromatic N) is 1. The number of benzene rings is 2. The summed E-state index contributed by atoms with van der Waals surface area (Å²) in [6.45, 7) is 0. The number of rotatable bonds is 6. The Morgan fingerprint density at radius 1 is 1.04 bits per heavy atom. The van der Waals surface area contributed by atoms with Crippen molar-refractivity contribution in [3.05, 3.63) is 52.0 Å². The molecule has 0 unspecified atom stereocenters. The standard InChI is InChI=1S/C17H17BrN2O4/c1-22-13-6-4-11(5-7-13)17(21)20-19-10-12-8-15(23-2)16(24-3)9-14(12)18/h4-10H,1-3H3,(H,20,21). The number of hydrazone groups is 1. The fraction of sp³-hybridized carbons (Fsp3) is 0.176. The minimum Gasteiger partial charge on any atom is -0.497 e. The van der Waals surface area contributed by atoms with Gasteiger partial charge in [0, 0.05) is 15.6 Å². The molecule has 0 aromatic heterocycles. The van der Waals surface area contributed by atoms with Crippen molar-refractivity contribution in [3.8, 4) is 17.2 Å². The van der Waals surface area contributed by atoms with E-state index < -0.39 is 0 Å². The average Bonchev–Trinajstić information content (AvgIpc) is 2.62. The van der Waals surface area contributed by atoms with E-state index in [0.717, 1.165) is 10.0 Å². The molecule has 0 atom stereocenters. The molecule has 0 bridgehead atoms. The first-order chi connectivity index (χ1) is 11.6. The Hall–Kier alpha value is -2.54. The highest BCUT2D eigenvalue weighted by Crippen LogP contribution is 2.32. The number of ether oxygens (including phenoxy) is 3. The minimum atomic E-state index is -0.314. The molecule has 2 rings (SSSR count). The lowest BCUT2D eigenvalue weighted by molar-refractivity contribution is 0.0955. The summed E-state index contributed by atoms with van der Waals surface area (Å²) < 4.78 is 16.3. The second-order valence-corrected chi connectivity index (χ2v) is 5.51. The van der Waals surface area contributed by atoms with Crippen LogP contribution in [0.4, 0.5) is 0 Å². The normalized spacial score (nSPS) is 10.5. The van der Waals surface area contributed by atoms with Crippen molar-refractivity contribution >= 4 is 28.1 Å². The van der Waals surface area contributed by atoms with Crippen LogP contribution in [-0.4, -0.2) is 33.5 Å². The first-order valence-electron chi connectivity index (χ1n) is 6.98. The molecule has 1 N–H and O–H groups in total. The zero-order valence-corrected chi connectivity index (χ0v) is 15.1. The maximum Gasteiger partial charge on any atom is 0.271 e. The molecule has 0 aliphatic rings. The van der Waals surface area contributed by atoms with Crippen LogP contribution < -0.4 is 19.6 Å². The lowest BCUT2D eigenvalue weighted by atomic mass is 10.2. The van der Waals surface area contributed by atoms with Crippen molar-refractivity contribution in [1.82, 2.24) is 5.43 Å². The molecular weight excluding hydrogens is 376 g/mol. The smallest absolute Gasteiger partial charge is 0.271 e. The van der Waals surface area contributed by atoms with E-state index >= 15 is 0 Å². The topological polar surface area (TPSA) is 69.2 Å². The highest BCUT2D eigenvalue weighted by Gasteiger charge is 2.08. The van der Waals surface area contributed by atoms with Gasteiger partial charge in [0.05, 0.1) is 27.5 Å². The molecule has 0 aliphatic carbocycles. The Bertz CT molecular complexity index is 745. The van der Waals surface area contributed by atoms with Gasteiger partial charge in [-0.1, -0.05) is 0 Å². The van der Waals surface area contributed by atoms with Gasteiger partial charge in [-0.2, -0.15) is 5.10 Å². The van der Waals surface area contributed by atoms with Gasteiger partial charge in [-0.05, 0) is 52.3 Å². The molecule has 0 spiro atoms. The molecule has 6 nitrogen and oxygen atoms in total. The lowest BCUT2D eigenvalue weighted by Crippen LogP contribution is -2.17. The molecule has 1 amide bonds. The van der Waals surface area contributed by atoms with Crippen molar-refractivity contribution in [2.75, 3.05) is 21.3 Å². The van der Waals surface area contributed by atoms with Crippen LogP contribution in [0, 0.1) is 0 Å². The number of hydrogen-bond acceptors (Lipinski definition) is 5. The van der Waals surface area contributed by atoms with Gasteiger partial charge in [0.25, 0.3) is 5.91 Å². The first kappa shape index (κ1) is 17.8. The molecule has 24 heavy (non-hydrogen) atoms. The molecule has 0 aliphatic heterocycles. The van der Waals surface area contributed by atoms with Crippen LogP contribution in [0.1, 0.15) is 15.9 Å². The van der Waals surface area contributed by atoms with E-state index in [4.69, 9.17) is 14.2 Å². The third-order valence-corrected chi connectivity index (χ3v) is 3.91. The van der Waals surface area contributed by atoms with Gasteiger partial charge in [-0.25, -0.2) is 5.43 Å². The van der Waals surface area contributed by atoms with E-state index in [1.54, 1.807) is 57.7 Å². The molecule has 0 radical (unpaired) electrons. The Labute approximate surface area is 148 Å². The van der Waals surface area contributed by atoms with E-state index in [1.807, 2.05) is 0 Å². The third-order valence-electron chi connectivity index (χ3n) is 3.22. The predicted molar refractivity (Wildman–Crippen MR) is 95.3 cm³/mol. The summed E-state index contributed by atoms with van der Waals surface area (Å²) in [4.78, 5) is 12.0. The van der Waals surface area contributed by atoms with Crippen molar-refractivity contribution in [2.45, 2.75) is 0 Å². The van der Waals surface area contributed by atoms with Gasteiger partial charge in [0.15, 0.2) is 11.5 Å². The van der Waals surface area contributed by atoms with Crippen LogP contribution in [0.15, 0.2) is 46.0 Å². The first-order valence-corrected chi connectivity index (χ1v) is 7.77. The molecular formula is C17H17BrN2O4. The SMILES string of the molecule is COc1ccc(C(=O)NN=Cc2cc(OC)c(OC)cc2Br)cc1. The van der Waals surface area contributed by atoms with Crippen LogP contribution in [0.3, 0.4) is 0 Å². The zero-order chi connectivity index (χ0) is 17.5. The van der Waals surface area contributed by atoms with Gasteiger partial charge < -0.3 is 14.2 Å². The summed E-state index contributed by atoms with van der Waals surface area (Å²) in [5, 5.41) is 3.97. The highest BCUT2D eigenvalue weighted by molar-refractivity contribution is 9.10. The molecule has 0 saturated heterocycles. The van der Waals surface area contributed by atoms with Crippen molar-refractivity contribution in [1.29, 1.82) is 0 Å².